The molecule has 0 fully saturated rings. The van der Waals surface area contributed by atoms with Gasteiger partial charge in [0.25, 0.3) is 0 Å². The van der Waals surface area contributed by atoms with Gasteiger partial charge in [-0.1, -0.05) is 29.8 Å². The maximum atomic E-state index is 5.99. The molecule has 0 aliphatic rings. The van der Waals surface area contributed by atoms with Gasteiger partial charge in [0.2, 0.25) is 0 Å². The van der Waals surface area contributed by atoms with Crippen LogP contribution in [-0.4, -0.2) is 17.1 Å². The third-order valence-electron chi connectivity index (χ3n) is 3.13. The number of nitrogens with zero attached hydrogens (tertiary/aromatic N) is 2. The maximum absolute atomic E-state index is 5.99. The molecular formula is C16H13ClN2O. The van der Waals surface area contributed by atoms with E-state index in [-0.39, 0.29) is 0 Å². The van der Waals surface area contributed by atoms with Gasteiger partial charge in [0, 0.05) is 11.3 Å². The first-order valence-electron chi connectivity index (χ1n) is 6.25. The number of benzene rings is 2. The average Bonchev–Trinajstić information content (AvgIpc) is 2.45. The number of aryl methyl sites for hydroxylation is 1. The average molecular weight is 285 g/mol. The van der Waals surface area contributed by atoms with Crippen LogP contribution in [0.25, 0.3) is 22.2 Å². The first-order valence-corrected chi connectivity index (χ1v) is 6.63. The lowest BCUT2D eigenvalue weighted by atomic mass is 10.1. The highest BCUT2D eigenvalue weighted by Crippen LogP contribution is 2.26. The molecule has 0 N–H and O–H groups in total. The number of fused-ring (bicyclic) bond motifs is 1. The Morgan fingerprint density at radius 2 is 1.70 bits per heavy atom. The molecule has 0 aliphatic carbocycles. The van der Waals surface area contributed by atoms with Crippen molar-refractivity contribution in [3.05, 3.63) is 53.3 Å². The lowest BCUT2D eigenvalue weighted by molar-refractivity contribution is 0.415. The Morgan fingerprint density at radius 1 is 0.950 bits per heavy atom. The first kappa shape index (κ1) is 12.9. The molecule has 0 aliphatic heterocycles. The monoisotopic (exact) mass is 284 g/mol. The van der Waals surface area contributed by atoms with Crippen molar-refractivity contribution in [1.82, 2.24) is 9.97 Å². The highest BCUT2D eigenvalue weighted by molar-refractivity contribution is 6.29. The Morgan fingerprint density at radius 3 is 2.45 bits per heavy atom. The zero-order valence-corrected chi connectivity index (χ0v) is 12.0. The van der Waals surface area contributed by atoms with Crippen molar-refractivity contribution in [2.75, 3.05) is 7.11 Å². The summed E-state index contributed by atoms with van der Waals surface area (Å²) in [5, 5.41) is 2.69. The predicted octanol–water partition coefficient (Wildman–Crippen LogP) is 4.27. The molecule has 2 aromatic carbocycles. The van der Waals surface area contributed by atoms with E-state index in [1.807, 2.05) is 37.3 Å². The molecule has 4 heteroatoms. The van der Waals surface area contributed by atoms with Crippen molar-refractivity contribution < 1.29 is 4.74 Å². The van der Waals surface area contributed by atoms with Crippen molar-refractivity contribution in [1.29, 1.82) is 0 Å². The van der Waals surface area contributed by atoms with Crippen LogP contribution in [0.3, 0.4) is 0 Å². The molecule has 0 radical (unpaired) electrons. The number of halogens is 1. The van der Waals surface area contributed by atoms with E-state index < -0.39 is 0 Å². The summed E-state index contributed by atoms with van der Waals surface area (Å²) in [4.78, 5) is 8.70. The van der Waals surface area contributed by atoms with Crippen LogP contribution in [0.5, 0.6) is 5.75 Å². The molecule has 1 heterocycles. The second kappa shape index (κ2) is 5.10. The van der Waals surface area contributed by atoms with E-state index in [1.54, 1.807) is 13.2 Å². The number of aromatic nitrogens is 2. The van der Waals surface area contributed by atoms with Gasteiger partial charge >= 0.3 is 0 Å². The minimum atomic E-state index is 0.460. The number of hydrogen-bond acceptors (Lipinski definition) is 3. The summed E-state index contributed by atoms with van der Waals surface area (Å²) in [5.41, 5.74) is 1.81. The van der Waals surface area contributed by atoms with Gasteiger partial charge in [-0.2, -0.15) is 0 Å². The van der Waals surface area contributed by atoms with E-state index in [2.05, 4.69) is 16.0 Å². The van der Waals surface area contributed by atoms with Gasteiger partial charge in [-0.05, 0) is 42.0 Å². The molecule has 0 saturated carbocycles. The minimum absolute atomic E-state index is 0.460. The molecule has 0 unspecified atom stereocenters. The van der Waals surface area contributed by atoms with E-state index >= 15 is 0 Å². The van der Waals surface area contributed by atoms with Gasteiger partial charge in [-0.3, -0.25) is 0 Å². The molecule has 0 amide bonds. The molecule has 100 valence electrons. The van der Waals surface area contributed by atoms with Crippen LogP contribution in [0.4, 0.5) is 0 Å². The maximum Gasteiger partial charge on any atom is 0.161 e. The fraction of sp³-hybridized carbons (Fsp3) is 0.125. The second-order valence-corrected chi connectivity index (χ2v) is 4.97. The fourth-order valence-electron chi connectivity index (χ4n) is 2.15. The van der Waals surface area contributed by atoms with Crippen molar-refractivity contribution in [2.45, 2.75) is 6.92 Å². The van der Waals surface area contributed by atoms with E-state index in [1.165, 1.54) is 0 Å². The molecule has 3 aromatic rings. The Labute approximate surface area is 122 Å². The van der Waals surface area contributed by atoms with Crippen LogP contribution in [0.2, 0.25) is 5.15 Å². The standard InChI is InChI=1S/C16H13ClN2O/c1-10-7-15(17)19-16(18-10)13-4-3-12-9-14(20-2)6-5-11(12)8-13/h3-9H,1-2H3. The summed E-state index contributed by atoms with van der Waals surface area (Å²) in [6.07, 6.45) is 0. The summed E-state index contributed by atoms with van der Waals surface area (Å²) in [5.74, 6) is 1.49. The zero-order valence-electron chi connectivity index (χ0n) is 11.2. The van der Waals surface area contributed by atoms with Crippen molar-refractivity contribution in [2.24, 2.45) is 0 Å². The number of methoxy groups -OCH3 is 1. The summed E-state index contributed by atoms with van der Waals surface area (Å²) in [6.45, 7) is 1.91. The predicted molar refractivity (Wildman–Crippen MR) is 81.3 cm³/mol. The van der Waals surface area contributed by atoms with Gasteiger partial charge in [-0.25, -0.2) is 9.97 Å². The molecule has 0 bridgehead atoms. The second-order valence-electron chi connectivity index (χ2n) is 4.58. The lowest BCUT2D eigenvalue weighted by Crippen LogP contribution is -1.92. The molecule has 0 spiro atoms. The molecule has 0 atom stereocenters. The largest absolute Gasteiger partial charge is 0.497 e. The van der Waals surface area contributed by atoms with Crippen LogP contribution in [0, 0.1) is 6.92 Å². The van der Waals surface area contributed by atoms with Crippen LogP contribution in [0.15, 0.2) is 42.5 Å². The van der Waals surface area contributed by atoms with Crippen LogP contribution in [0.1, 0.15) is 5.69 Å². The molecule has 1 aromatic heterocycles. The highest BCUT2D eigenvalue weighted by Gasteiger charge is 2.05. The smallest absolute Gasteiger partial charge is 0.161 e. The molecule has 20 heavy (non-hydrogen) atoms. The highest BCUT2D eigenvalue weighted by atomic mass is 35.5. The van der Waals surface area contributed by atoms with E-state index in [4.69, 9.17) is 16.3 Å². The third kappa shape index (κ3) is 2.45. The SMILES string of the molecule is COc1ccc2cc(-c3nc(C)cc(Cl)n3)ccc2c1. The number of hydrogen-bond donors (Lipinski definition) is 0. The number of rotatable bonds is 2. The van der Waals surface area contributed by atoms with E-state index in [0.29, 0.717) is 11.0 Å². The van der Waals surface area contributed by atoms with Gasteiger partial charge in [0.15, 0.2) is 5.82 Å². The zero-order chi connectivity index (χ0) is 14.1. The van der Waals surface area contributed by atoms with Gasteiger partial charge < -0.3 is 4.74 Å². The van der Waals surface area contributed by atoms with E-state index in [9.17, 15) is 0 Å². The molecular weight excluding hydrogens is 272 g/mol. The van der Waals surface area contributed by atoms with Gasteiger partial charge in [0.1, 0.15) is 10.9 Å². The number of ether oxygens (including phenoxy) is 1. The topological polar surface area (TPSA) is 35.0 Å². The Kier molecular flexibility index (Phi) is 3.28. The van der Waals surface area contributed by atoms with E-state index in [0.717, 1.165) is 27.8 Å². The molecule has 3 rings (SSSR count). The quantitative estimate of drug-likeness (QED) is 0.659. The Bertz CT molecular complexity index is 766. The first-order chi connectivity index (χ1) is 9.65. The van der Waals surface area contributed by atoms with Gasteiger partial charge in [-0.15, -0.1) is 0 Å². The summed E-state index contributed by atoms with van der Waals surface area (Å²) in [7, 11) is 1.66. The van der Waals surface area contributed by atoms with Crippen molar-refractivity contribution in [3.8, 4) is 17.1 Å². The normalized spacial score (nSPS) is 10.8. The van der Waals surface area contributed by atoms with Crippen molar-refractivity contribution >= 4 is 22.4 Å². The summed E-state index contributed by atoms with van der Waals surface area (Å²) < 4.78 is 5.23. The molecule has 3 nitrogen and oxygen atoms in total. The Hall–Kier alpha value is -2.13. The Balaban J connectivity index is 2.12. The fourth-order valence-corrected chi connectivity index (χ4v) is 2.39. The third-order valence-corrected chi connectivity index (χ3v) is 3.32. The summed E-state index contributed by atoms with van der Waals surface area (Å²) in [6, 6.07) is 13.8. The van der Waals surface area contributed by atoms with Crippen LogP contribution >= 0.6 is 11.6 Å². The minimum Gasteiger partial charge on any atom is -0.497 e. The summed E-state index contributed by atoms with van der Waals surface area (Å²) >= 11 is 5.99. The molecule has 0 saturated heterocycles. The van der Waals surface area contributed by atoms with Gasteiger partial charge in [0.05, 0.1) is 7.11 Å². The van der Waals surface area contributed by atoms with Crippen molar-refractivity contribution in [3.63, 3.8) is 0 Å². The van der Waals surface area contributed by atoms with Crippen LogP contribution in [-0.2, 0) is 0 Å². The van der Waals surface area contributed by atoms with Crippen LogP contribution < -0.4 is 4.74 Å². The lowest BCUT2D eigenvalue weighted by Gasteiger charge is -2.06.